The number of carbonyl (C=O) groups is 3. The summed E-state index contributed by atoms with van der Waals surface area (Å²) in [5.74, 6) is -2.74. The maximum Gasteiger partial charge on any atom is 0.327 e. The normalized spacial score (nSPS) is 30.7. The largest absolute Gasteiger partial charge is 0.458 e. The number of nitrogens with one attached hydrogen (secondary N) is 2. The molecule has 12 nitrogen and oxygen atoms in total. The fraction of sp³-hybridized carbons (Fsp3) is 0.727. The van der Waals surface area contributed by atoms with Gasteiger partial charge in [0.05, 0.1) is 19.3 Å². The van der Waals surface area contributed by atoms with Gasteiger partial charge in [-0.15, -0.1) is 0 Å². The molecule has 2 amide bonds. The van der Waals surface area contributed by atoms with Gasteiger partial charge in [-0.2, -0.15) is 5.06 Å². The molecule has 2 unspecified atom stereocenters. The Morgan fingerprint density at radius 1 is 1.09 bits per heavy atom. The minimum absolute atomic E-state index is 0.0393. The molecule has 1 aromatic carbocycles. The average molecular weight is 758 g/mol. The summed E-state index contributed by atoms with van der Waals surface area (Å²) in [6, 6.07) is 5.28. The van der Waals surface area contributed by atoms with Crippen LogP contribution in [0.2, 0.25) is 0 Å². The number of carbonyl (C=O) groups excluding carboxylic acids is 3. The second-order valence-electron chi connectivity index (χ2n) is 13.0. The van der Waals surface area contributed by atoms with Crippen molar-refractivity contribution in [3.8, 4) is 0 Å². The molecule has 2 bridgehead atoms. The van der Waals surface area contributed by atoms with Crippen LogP contribution in [0.1, 0.15) is 84.1 Å². The Morgan fingerprint density at radius 2 is 1.76 bits per heavy atom. The van der Waals surface area contributed by atoms with Gasteiger partial charge in [0, 0.05) is 29.4 Å². The first-order chi connectivity index (χ1) is 22.1. The van der Waals surface area contributed by atoms with Crippen LogP contribution in [0.4, 0.5) is 0 Å². The first kappa shape index (κ1) is 35.4. The van der Waals surface area contributed by atoms with Gasteiger partial charge in [0.15, 0.2) is 11.8 Å². The van der Waals surface area contributed by atoms with Gasteiger partial charge in [-0.05, 0) is 54.0 Å². The van der Waals surface area contributed by atoms with Gasteiger partial charge >= 0.3 is 5.97 Å². The summed E-state index contributed by atoms with van der Waals surface area (Å²) in [7, 11) is 0. The number of aliphatic hydroxyl groups excluding tert-OH is 2. The van der Waals surface area contributed by atoms with Gasteiger partial charge in [0.2, 0.25) is 11.8 Å². The van der Waals surface area contributed by atoms with Crippen molar-refractivity contribution in [1.82, 2.24) is 15.7 Å². The fourth-order valence-corrected chi connectivity index (χ4v) is 8.02. The van der Waals surface area contributed by atoms with E-state index in [0.29, 0.717) is 12.8 Å². The number of halogens is 1. The lowest BCUT2D eigenvalue weighted by molar-refractivity contribution is -0.224. The van der Waals surface area contributed by atoms with E-state index in [0.717, 1.165) is 47.7 Å². The number of ether oxygens (including phenoxy) is 3. The molecule has 0 radical (unpaired) electrons. The molecule has 3 heterocycles. The molecular formula is C33H48IN3O9. The van der Waals surface area contributed by atoms with Crippen molar-refractivity contribution in [3.63, 3.8) is 0 Å². The number of fused-ring (bicyclic) bond motifs is 4. The second-order valence-corrected chi connectivity index (χ2v) is 14.2. The van der Waals surface area contributed by atoms with Crippen molar-refractivity contribution in [1.29, 1.82) is 0 Å². The molecule has 3 aliphatic heterocycles. The van der Waals surface area contributed by atoms with Gasteiger partial charge in [-0.3, -0.25) is 19.2 Å². The molecule has 0 spiro atoms. The number of nitrogens with zero attached hydrogens (tertiary/aromatic N) is 1. The van der Waals surface area contributed by atoms with Crippen LogP contribution >= 0.6 is 22.6 Å². The number of hydrogen-bond donors (Lipinski definition) is 4. The summed E-state index contributed by atoms with van der Waals surface area (Å²) < 4.78 is 20.7. The molecule has 0 aromatic heterocycles. The highest BCUT2D eigenvalue weighted by Crippen LogP contribution is 2.58. The maximum absolute atomic E-state index is 14.6. The molecule has 13 heteroatoms. The number of amides is 2. The highest BCUT2D eigenvalue weighted by Gasteiger charge is 2.76. The smallest absolute Gasteiger partial charge is 0.327 e. The van der Waals surface area contributed by atoms with Crippen molar-refractivity contribution in [2.75, 3.05) is 13.2 Å². The van der Waals surface area contributed by atoms with Gasteiger partial charge in [-0.25, -0.2) is 0 Å². The van der Waals surface area contributed by atoms with Crippen LogP contribution in [0.5, 0.6) is 0 Å². The lowest BCUT2D eigenvalue weighted by Gasteiger charge is -2.49. The lowest BCUT2D eigenvalue weighted by Crippen LogP contribution is -2.71. The standard InChI is InChI=1S/C33H48IN3O9/c1-4-6-10-14-32(15-11-7-5-2)44-25-23-18-33(31(42)36-24(20(3)39)29(40)35-16-17-38)27(30(41)43-23)37(46-28(33)26(25)45-32)19-21-12-8-9-13-22(21)34/h8-9,12-13,20,23-28,38-39H,4-7,10-11,14-19H2,1-3H3,(H,35,40)(H,36,42)/t20-,23?,24+,25-,26-,27-,28+,33?/m0/s1. The van der Waals surface area contributed by atoms with E-state index >= 15 is 0 Å². The first-order valence-electron chi connectivity index (χ1n) is 16.7. The molecule has 46 heavy (non-hydrogen) atoms. The van der Waals surface area contributed by atoms with Crippen LogP contribution in [0, 0.1) is 8.99 Å². The van der Waals surface area contributed by atoms with E-state index in [2.05, 4.69) is 47.1 Å². The van der Waals surface area contributed by atoms with Crippen LogP contribution in [0.25, 0.3) is 0 Å². The average Bonchev–Trinajstić information content (AvgIpc) is 3.58. The first-order valence-corrected chi connectivity index (χ1v) is 17.8. The van der Waals surface area contributed by atoms with Crippen molar-refractivity contribution < 1.29 is 43.6 Å². The quantitative estimate of drug-likeness (QED) is 0.112. The zero-order valence-electron chi connectivity index (χ0n) is 26.9. The van der Waals surface area contributed by atoms with E-state index in [1.807, 2.05) is 24.3 Å². The van der Waals surface area contributed by atoms with Gasteiger partial charge in [0.25, 0.3) is 0 Å². The molecule has 256 valence electrons. The highest BCUT2D eigenvalue weighted by molar-refractivity contribution is 14.1. The van der Waals surface area contributed by atoms with Crippen LogP contribution in [-0.2, 0) is 40.0 Å². The minimum Gasteiger partial charge on any atom is -0.458 e. The number of esters is 1. The van der Waals surface area contributed by atoms with Crippen molar-refractivity contribution >= 4 is 40.4 Å². The van der Waals surface area contributed by atoms with Gasteiger partial charge in [-0.1, -0.05) is 57.7 Å². The topological polar surface area (TPSA) is 156 Å². The Labute approximate surface area is 284 Å². The monoisotopic (exact) mass is 757 g/mol. The number of rotatable bonds is 16. The fourth-order valence-electron chi connectivity index (χ4n) is 7.46. The molecule has 5 rings (SSSR count). The third-order valence-corrected chi connectivity index (χ3v) is 10.8. The molecule has 1 aliphatic carbocycles. The van der Waals surface area contributed by atoms with E-state index in [1.165, 1.54) is 12.0 Å². The summed E-state index contributed by atoms with van der Waals surface area (Å²) in [5, 5.41) is 26.6. The molecule has 3 saturated heterocycles. The Kier molecular flexibility index (Phi) is 11.6. The van der Waals surface area contributed by atoms with Crippen LogP contribution in [0.3, 0.4) is 0 Å². The molecule has 1 saturated carbocycles. The Bertz CT molecular complexity index is 1240. The predicted octanol–water partition coefficient (Wildman–Crippen LogP) is 2.71. The van der Waals surface area contributed by atoms with Crippen LogP contribution < -0.4 is 10.6 Å². The molecule has 4 fully saturated rings. The summed E-state index contributed by atoms with van der Waals surface area (Å²) in [6.07, 6.45) is 3.13. The van der Waals surface area contributed by atoms with Gasteiger partial charge in [0.1, 0.15) is 35.9 Å². The van der Waals surface area contributed by atoms with Crippen LogP contribution in [-0.4, -0.2) is 94.6 Å². The number of hydrogen-bond acceptors (Lipinski definition) is 10. The number of aliphatic hydroxyl groups is 2. The highest BCUT2D eigenvalue weighted by atomic mass is 127. The minimum atomic E-state index is -1.49. The third kappa shape index (κ3) is 6.83. The second kappa shape index (κ2) is 15.1. The summed E-state index contributed by atoms with van der Waals surface area (Å²) in [4.78, 5) is 48.2. The Morgan fingerprint density at radius 3 is 2.39 bits per heavy atom. The summed E-state index contributed by atoms with van der Waals surface area (Å²) in [5.41, 5.74) is -0.580. The Balaban J connectivity index is 1.53. The zero-order valence-corrected chi connectivity index (χ0v) is 29.1. The molecule has 1 aromatic rings. The SMILES string of the molecule is CCCCCC1(CCCCC)O[C@@H]2[C@H]3ON(Cc4ccccc4I)[C@H]4C(=O)OC(CC34C(=O)N[C@@H](C(=O)NCCO)[C@H](C)O)[C@@H]2O1. The molecule has 4 aliphatic rings. The third-order valence-electron chi connectivity index (χ3n) is 9.74. The zero-order chi connectivity index (χ0) is 33.1. The maximum atomic E-state index is 14.6. The number of unbranched alkanes of at least 4 members (excludes halogenated alkanes) is 4. The van der Waals surface area contributed by atoms with E-state index in [9.17, 15) is 24.6 Å². The van der Waals surface area contributed by atoms with Gasteiger partial charge < -0.3 is 35.1 Å². The molecular weight excluding hydrogens is 709 g/mol. The predicted molar refractivity (Wildman–Crippen MR) is 175 cm³/mol. The summed E-state index contributed by atoms with van der Waals surface area (Å²) >= 11 is 2.23. The molecule has 8 atom stereocenters. The van der Waals surface area contributed by atoms with E-state index in [-0.39, 0.29) is 26.1 Å². The Hall–Kier alpha value is -1.88. The number of benzene rings is 1. The van der Waals surface area contributed by atoms with Crippen LogP contribution in [0.15, 0.2) is 24.3 Å². The summed E-state index contributed by atoms with van der Waals surface area (Å²) in [6.45, 7) is 5.56. The lowest BCUT2D eigenvalue weighted by atomic mass is 9.62. The van der Waals surface area contributed by atoms with E-state index in [1.54, 1.807) is 0 Å². The number of hydroxylamine groups is 2. The van der Waals surface area contributed by atoms with Crippen molar-refractivity contribution in [2.45, 2.75) is 133 Å². The molecule has 4 N–H and O–H groups in total. The van der Waals surface area contributed by atoms with Crippen molar-refractivity contribution in [3.05, 3.63) is 33.4 Å². The van der Waals surface area contributed by atoms with E-state index in [4.69, 9.17) is 19.0 Å². The van der Waals surface area contributed by atoms with E-state index < -0.39 is 71.6 Å². The van der Waals surface area contributed by atoms with Crippen molar-refractivity contribution in [2.24, 2.45) is 5.41 Å².